The number of aliphatic hydroxyl groups is 2. The lowest BCUT2D eigenvalue weighted by Crippen LogP contribution is -2.32. The number of hydrogen-bond donors (Lipinski definition) is 6. The second-order valence-electron chi connectivity index (χ2n) is 11.3. The largest absolute Gasteiger partial charge is 0.508 e. The van der Waals surface area contributed by atoms with Crippen LogP contribution in [0.25, 0.3) is 0 Å². The Morgan fingerprint density at radius 3 is 2.35 bits per heavy atom. The van der Waals surface area contributed by atoms with E-state index in [1.807, 2.05) is 74.5 Å². The maximum Gasteiger partial charge on any atom is 0.251 e. The van der Waals surface area contributed by atoms with Gasteiger partial charge in [-0.05, 0) is 72.9 Å². The lowest BCUT2D eigenvalue weighted by molar-refractivity contribution is -0.120. The number of aliphatic hydroxyl groups excluding tert-OH is 2. The average molecular weight is 626 g/mol. The summed E-state index contributed by atoms with van der Waals surface area (Å²) in [6.07, 6.45) is 0.163. The molecule has 0 saturated carbocycles. The van der Waals surface area contributed by atoms with Gasteiger partial charge in [0.2, 0.25) is 5.91 Å². The minimum Gasteiger partial charge on any atom is -0.508 e. The highest BCUT2D eigenvalue weighted by molar-refractivity contribution is 5.94. The molecule has 242 valence electrons. The van der Waals surface area contributed by atoms with Crippen molar-refractivity contribution in [1.29, 1.82) is 0 Å². The summed E-state index contributed by atoms with van der Waals surface area (Å²) in [5.41, 5.74) is 5.31. The second-order valence-corrected chi connectivity index (χ2v) is 11.3. The summed E-state index contributed by atoms with van der Waals surface area (Å²) in [6, 6.07) is 27.5. The van der Waals surface area contributed by atoms with Crippen LogP contribution in [0, 0.1) is 0 Å². The van der Waals surface area contributed by atoms with E-state index in [4.69, 9.17) is 4.74 Å². The molecule has 0 aliphatic rings. The number of rotatable bonds is 16. The third-order valence-electron chi connectivity index (χ3n) is 7.63. The minimum atomic E-state index is -0.786. The van der Waals surface area contributed by atoms with Crippen molar-refractivity contribution in [3.8, 4) is 11.5 Å². The van der Waals surface area contributed by atoms with Gasteiger partial charge in [-0.25, -0.2) is 0 Å². The average Bonchev–Trinajstić information content (AvgIpc) is 3.06. The molecule has 4 aromatic carbocycles. The molecule has 6 N–H and O–H groups in total. The Morgan fingerprint density at radius 2 is 1.59 bits per heavy atom. The van der Waals surface area contributed by atoms with Crippen molar-refractivity contribution in [3.05, 3.63) is 130 Å². The SMILES string of the molecule is CCOc1ccccc1CNC(=O)c1ccc(CNC(=O)Cc2cccc(CC(C)NC[C@H](O)c3ccc(O)c(CO)c3)c2)cc1. The summed E-state index contributed by atoms with van der Waals surface area (Å²) < 4.78 is 5.63. The van der Waals surface area contributed by atoms with Crippen LogP contribution in [0.1, 0.15) is 63.7 Å². The fourth-order valence-electron chi connectivity index (χ4n) is 5.11. The molecule has 0 aromatic heterocycles. The van der Waals surface area contributed by atoms with Gasteiger partial charge in [0.1, 0.15) is 11.5 Å². The molecule has 2 atom stereocenters. The van der Waals surface area contributed by atoms with Gasteiger partial charge in [0.15, 0.2) is 0 Å². The molecule has 4 aromatic rings. The van der Waals surface area contributed by atoms with E-state index in [1.165, 1.54) is 6.07 Å². The summed E-state index contributed by atoms with van der Waals surface area (Å²) in [4.78, 5) is 25.4. The van der Waals surface area contributed by atoms with E-state index < -0.39 is 6.10 Å². The molecule has 0 bridgehead atoms. The first kappa shape index (κ1) is 34.2. The van der Waals surface area contributed by atoms with Crippen LogP contribution in [-0.2, 0) is 37.3 Å². The highest BCUT2D eigenvalue weighted by Crippen LogP contribution is 2.22. The van der Waals surface area contributed by atoms with Gasteiger partial charge in [-0.1, -0.05) is 60.7 Å². The standard InChI is InChI=1S/C37H43N3O6/c1-3-46-35-10-5-4-9-31(35)22-40-37(45)29-13-11-26(12-14-29)21-39-36(44)19-28-8-6-7-27(18-28)17-25(2)38-23-34(43)30-15-16-33(42)32(20-30)24-41/h4-16,18,20,25,34,38,41-43H,3,17,19,21-24H2,1-2H3,(H,39,44)(H,40,45)/t25?,34-/m0/s1. The Kier molecular flexibility index (Phi) is 12.7. The van der Waals surface area contributed by atoms with Crippen LogP contribution in [0.15, 0.2) is 91.0 Å². The van der Waals surface area contributed by atoms with Crippen molar-refractivity contribution in [2.75, 3.05) is 13.2 Å². The number of hydrogen-bond acceptors (Lipinski definition) is 7. The molecule has 9 nitrogen and oxygen atoms in total. The van der Waals surface area contributed by atoms with E-state index in [1.54, 1.807) is 24.3 Å². The summed E-state index contributed by atoms with van der Waals surface area (Å²) in [6.45, 7) is 5.23. The molecule has 0 aliphatic carbocycles. The molecule has 4 rings (SSSR count). The van der Waals surface area contributed by atoms with Crippen molar-refractivity contribution in [2.24, 2.45) is 0 Å². The molecule has 0 fully saturated rings. The van der Waals surface area contributed by atoms with Crippen LogP contribution in [0.2, 0.25) is 0 Å². The smallest absolute Gasteiger partial charge is 0.251 e. The maximum atomic E-state index is 12.7. The molecule has 2 amide bonds. The Balaban J connectivity index is 1.20. The normalized spacial score (nSPS) is 12.3. The molecular weight excluding hydrogens is 582 g/mol. The number of aromatic hydroxyl groups is 1. The first-order valence-corrected chi connectivity index (χ1v) is 15.5. The third kappa shape index (κ3) is 10.2. The van der Waals surface area contributed by atoms with Gasteiger partial charge >= 0.3 is 0 Å². The molecular formula is C37H43N3O6. The van der Waals surface area contributed by atoms with E-state index >= 15 is 0 Å². The molecule has 9 heteroatoms. The van der Waals surface area contributed by atoms with Crippen LogP contribution in [0.5, 0.6) is 11.5 Å². The molecule has 0 heterocycles. The molecule has 0 spiro atoms. The molecule has 0 saturated heterocycles. The van der Waals surface area contributed by atoms with Gasteiger partial charge in [-0.15, -0.1) is 0 Å². The zero-order valence-electron chi connectivity index (χ0n) is 26.3. The summed E-state index contributed by atoms with van der Waals surface area (Å²) >= 11 is 0. The van der Waals surface area contributed by atoms with Crippen molar-refractivity contribution in [1.82, 2.24) is 16.0 Å². The summed E-state index contributed by atoms with van der Waals surface area (Å²) in [7, 11) is 0. The predicted molar refractivity (Wildman–Crippen MR) is 177 cm³/mol. The fraction of sp³-hybridized carbons (Fsp3) is 0.297. The zero-order valence-corrected chi connectivity index (χ0v) is 26.3. The molecule has 46 heavy (non-hydrogen) atoms. The number of benzene rings is 4. The highest BCUT2D eigenvalue weighted by atomic mass is 16.5. The van der Waals surface area contributed by atoms with Crippen LogP contribution in [-0.4, -0.2) is 46.3 Å². The first-order valence-electron chi connectivity index (χ1n) is 15.5. The third-order valence-corrected chi connectivity index (χ3v) is 7.63. The fourth-order valence-corrected chi connectivity index (χ4v) is 5.11. The van der Waals surface area contributed by atoms with Crippen LogP contribution in [0.3, 0.4) is 0 Å². The van der Waals surface area contributed by atoms with Crippen molar-refractivity contribution in [3.63, 3.8) is 0 Å². The number of carbonyl (C=O) groups is 2. The number of para-hydroxylation sites is 1. The summed E-state index contributed by atoms with van der Waals surface area (Å²) in [5, 5.41) is 38.9. The minimum absolute atomic E-state index is 0.000565. The van der Waals surface area contributed by atoms with Crippen molar-refractivity contribution < 1.29 is 29.6 Å². The van der Waals surface area contributed by atoms with Crippen LogP contribution < -0.4 is 20.7 Å². The quantitative estimate of drug-likeness (QED) is 0.109. The van der Waals surface area contributed by atoms with E-state index in [0.717, 1.165) is 28.0 Å². The summed E-state index contributed by atoms with van der Waals surface area (Å²) in [5.74, 6) is 0.474. The molecule has 0 aliphatic heterocycles. The van der Waals surface area contributed by atoms with Crippen molar-refractivity contribution in [2.45, 2.75) is 58.5 Å². The van der Waals surface area contributed by atoms with Crippen LogP contribution in [0.4, 0.5) is 0 Å². The second kappa shape index (κ2) is 17.1. The topological polar surface area (TPSA) is 140 Å². The van der Waals surface area contributed by atoms with Gasteiger partial charge in [-0.2, -0.15) is 0 Å². The van der Waals surface area contributed by atoms with Gasteiger partial charge in [-0.3, -0.25) is 9.59 Å². The lowest BCUT2D eigenvalue weighted by atomic mass is 10.0. The molecule has 1 unspecified atom stereocenters. The highest BCUT2D eigenvalue weighted by Gasteiger charge is 2.13. The van der Waals surface area contributed by atoms with Gasteiger partial charge in [0.25, 0.3) is 5.91 Å². The van der Waals surface area contributed by atoms with E-state index in [0.29, 0.717) is 49.4 Å². The number of phenols is 1. The first-order chi connectivity index (χ1) is 22.2. The Bertz CT molecular complexity index is 1590. The lowest BCUT2D eigenvalue weighted by Gasteiger charge is -2.18. The van der Waals surface area contributed by atoms with Gasteiger partial charge in [0, 0.05) is 42.4 Å². The van der Waals surface area contributed by atoms with Crippen molar-refractivity contribution >= 4 is 11.8 Å². The number of amides is 2. The Morgan fingerprint density at radius 1 is 0.826 bits per heavy atom. The van der Waals surface area contributed by atoms with Gasteiger partial charge < -0.3 is 36.0 Å². The number of nitrogens with one attached hydrogen (secondary N) is 3. The van der Waals surface area contributed by atoms with Gasteiger partial charge in [0.05, 0.1) is 25.7 Å². The monoisotopic (exact) mass is 625 g/mol. The predicted octanol–water partition coefficient (Wildman–Crippen LogP) is 4.33. The van der Waals surface area contributed by atoms with E-state index in [2.05, 4.69) is 16.0 Å². The van der Waals surface area contributed by atoms with Crippen LogP contribution >= 0.6 is 0 Å². The zero-order chi connectivity index (χ0) is 32.9. The molecule has 0 radical (unpaired) electrons. The van der Waals surface area contributed by atoms with E-state index in [9.17, 15) is 24.9 Å². The number of carbonyl (C=O) groups excluding carboxylic acids is 2. The Hall–Kier alpha value is -4.70. The maximum absolute atomic E-state index is 12.7. The Labute approximate surface area is 270 Å². The number of ether oxygens (including phenoxy) is 1. The van der Waals surface area contributed by atoms with E-state index in [-0.39, 0.29) is 36.6 Å².